The van der Waals surface area contributed by atoms with Gasteiger partial charge in [-0.05, 0) is 24.5 Å². The van der Waals surface area contributed by atoms with Gasteiger partial charge in [0.2, 0.25) is 0 Å². The Kier molecular flexibility index (Phi) is 2.90. The summed E-state index contributed by atoms with van der Waals surface area (Å²) >= 11 is 3.43. The molecule has 80 valence electrons. The van der Waals surface area contributed by atoms with Gasteiger partial charge in [-0.1, -0.05) is 15.9 Å². The average Bonchev–Trinajstić information content (AvgIpc) is 2.27. The second kappa shape index (κ2) is 4.18. The van der Waals surface area contributed by atoms with Crippen LogP contribution in [0.1, 0.15) is 12.0 Å². The summed E-state index contributed by atoms with van der Waals surface area (Å²) in [6, 6.07) is 5.43. The minimum atomic E-state index is -0.350. The van der Waals surface area contributed by atoms with Crippen LogP contribution >= 0.6 is 15.9 Å². The summed E-state index contributed by atoms with van der Waals surface area (Å²) in [5, 5.41) is 14.8. The van der Waals surface area contributed by atoms with E-state index in [4.69, 9.17) is 0 Å². The number of non-ortho nitro benzene ring substituents is 1. The van der Waals surface area contributed by atoms with Crippen molar-refractivity contribution in [3.8, 4) is 0 Å². The number of nitrogens with one attached hydrogen (secondary N) is 1. The summed E-state index contributed by atoms with van der Waals surface area (Å²) in [7, 11) is 0. The Balaban J connectivity index is 2.28. The van der Waals surface area contributed by atoms with E-state index in [0.29, 0.717) is 6.04 Å². The fourth-order valence-electron chi connectivity index (χ4n) is 1.78. The first-order valence-electron chi connectivity index (χ1n) is 4.80. The zero-order chi connectivity index (χ0) is 10.8. The minimum Gasteiger partial charge on any atom is -0.381 e. The van der Waals surface area contributed by atoms with E-state index in [1.54, 1.807) is 18.2 Å². The number of aryl methyl sites for hydroxylation is 1. The normalized spacial score (nSPS) is 19.1. The van der Waals surface area contributed by atoms with Crippen molar-refractivity contribution in [1.29, 1.82) is 0 Å². The molecule has 1 aromatic rings. The standard InChI is InChI=1S/C10H11BrN2O2/c11-6-8-2-1-7-5-9(13(14)15)3-4-10(7)12-8/h3-5,8,12H,1-2,6H2. The van der Waals surface area contributed by atoms with Crippen LogP contribution in [0.2, 0.25) is 0 Å². The van der Waals surface area contributed by atoms with Crippen LogP contribution in [0.3, 0.4) is 0 Å². The van der Waals surface area contributed by atoms with Crippen LogP contribution in [0, 0.1) is 10.1 Å². The molecule has 0 amide bonds. The number of halogens is 1. The number of hydrogen-bond acceptors (Lipinski definition) is 3. The lowest BCUT2D eigenvalue weighted by Crippen LogP contribution is -2.26. The largest absolute Gasteiger partial charge is 0.381 e. The van der Waals surface area contributed by atoms with E-state index in [-0.39, 0.29) is 10.6 Å². The van der Waals surface area contributed by atoms with E-state index in [1.807, 2.05) is 0 Å². The van der Waals surface area contributed by atoms with Gasteiger partial charge in [-0.25, -0.2) is 0 Å². The number of nitro benzene ring substituents is 1. The summed E-state index contributed by atoms with van der Waals surface area (Å²) in [5.74, 6) is 0. The van der Waals surface area contributed by atoms with Crippen molar-refractivity contribution in [3.05, 3.63) is 33.9 Å². The number of hydrogen-bond donors (Lipinski definition) is 1. The zero-order valence-corrected chi connectivity index (χ0v) is 9.66. The number of rotatable bonds is 2. The lowest BCUT2D eigenvalue weighted by molar-refractivity contribution is -0.384. The fourth-order valence-corrected chi connectivity index (χ4v) is 2.26. The van der Waals surface area contributed by atoms with Crippen LogP contribution in [0.15, 0.2) is 18.2 Å². The molecule has 15 heavy (non-hydrogen) atoms. The quantitative estimate of drug-likeness (QED) is 0.511. The number of nitrogens with zero attached hydrogens (tertiary/aromatic N) is 1. The average molecular weight is 271 g/mol. The van der Waals surface area contributed by atoms with Crippen molar-refractivity contribution in [2.24, 2.45) is 0 Å². The Hall–Kier alpha value is -1.10. The van der Waals surface area contributed by atoms with Crippen molar-refractivity contribution in [1.82, 2.24) is 0 Å². The van der Waals surface area contributed by atoms with Gasteiger partial charge in [-0.15, -0.1) is 0 Å². The van der Waals surface area contributed by atoms with Crippen LogP contribution in [-0.4, -0.2) is 16.3 Å². The van der Waals surface area contributed by atoms with Gasteiger partial charge in [0, 0.05) is 29.2 Å². The summed E-state index contributed by atoms with van der Waals surface area (Å²) in [6.07, 6.45) is 1.92. The molecular formula is C10H11BrN2O2. The molecule has 4 nitrogen and oxygen atoms in total. The Morgan fingerprint density at radius 1 is 1.60 bits per heavy atom. The van der Waals surface area contributed by atoms with E-state index in [1.165, 1.54) is 0 Å². The smallest absolute Gasteiger partial charge is 0.269 e. The summed E-state index contributed by atoms with van der Waals surface area (Å²) in [6.45, 7) is 0. The highest BCUT2D eigenvalue weighted by atomic mass is 79.9. The van der Waals surface area contributed by atoms with E-state index >= 15 is 0 Å². The van der Waals surface area contributed by atoms with Crippen LogP contribution in [0.5, 0.6) is 0 Å². The van der Waals surface area contributed by atoms with Crippen LogP contribution < -0.4 is 5.32 Å². The molecule has 0 aromatic heterocycles. The first kappa shape index (κ1) is 10.4. The number of nitro groups is 1. The number of alkyl halides is 1. The summed E-state index contributed by atoms with van der Waals surface area (Å²) < 4.78 is 0. The maximum Gasteiger partial charge on any atom is 0.269 e. The highest BCUT2D eigenvalue weighted by Gasteiger charge is 2.18. The fraction of sp³-hybridized carbons (Fsp3) is 0.400. The maximum atomic E-state index is 10.6. The van der Waals surface area contributed by atoms with Crippen molar-refractivity contribution in [2.45, 2.75) is 18.9 Å². The number of anilines is 1. The second-order valence-electron chi connectivity index (χ2n) is 3.63. The third kappa shape index (κ3) is 2.12. The van der Waals surface area contributed by atoms with Gasteiger partial charge < -0.3 is 5.32 Å². The molecule has 0 bridgehead atoms. The Bertz CT molecular complexity index is 395. The van der Waals surface area contributed by atoms with E-state index in [0.717, 1.165) is 29.4 Å². The Labute approximate surface area is 96.0 Å². The summed E-state index contributed by atoms with van der Waals surface area (Å²) in [5.41, 5.74) is 2.24. The van der Waals surface area contributed by atoms with E-state index in [9.17, 15) is 10.1 Å². The molecule has 5 heteroatoms. The monoisotopic (exact) mass is 270 g/mol. The van der Waals surface area contributed by atoms with Crippen molar-refractivity contribution in [3.63, 3.8) is 0 Å². The van der Waals surface area contributed by atoms with Crippen molar-refractivity contribution in [2.75, 3.05) is 10.6 Å². The van der Waals surface area contributed by atoms with Gasteiger partial charge in [0.15, 0.2) is 0 Å². The van der Waals surface area contributed by atoms with E-state index < -0.39 is 0 Å². The second-order valence-corrected chi connectivity index (χ2v) is 4.28. The van der Waals surface area contributed by atoms with Gasteiger partial charge in [-0.3, -0.25) is 10.1 Å². The van der Waals surface area contributed by atoms with Gasteiger partial charge in [0.05, 0.1) is 4.92 Å². The molecule has 0 spiro atoms. The van der Waals surface area contributed by atoms with Crippen LogP contribution in [0.4, 0.5) is 11.4 Å². The number of fused-ring (bicyclic) bond motifs is 1. The molecule has 1 aliphatic heterocycles. The lowest BCUT2D eigenvalue weighted by Gasteiger charge is -2.25. The molecule has 1 unspecified atom stereocenters. The molecule has 1 aliphatic rings. The lowest BCUT2D eigenvalue weighted by atomic mass is 9.98. The predicted molar refractivity (Wildman–Crippen MR) is 62.6 cm³/mol. The molecular weight excluding hydrogens is 260 g/mol. The highest BCUT2D eigenvalue weighted by molar-refractivity contribution is 9.09. The highest BCUT2D eigenvalue weighted by Crippen LogP contribution is 2.28. The molecule has 0 radical (unpaired) electrons. The van der Waals surface area contributed by atoms with Gasteiger partial charge in [-0.2, -0.15) is 0 Å². The topological polar surface area (TPSA) is 55.2 Å². The summed E-state index contributed by atoms with van der Waals surface area (Å²) in [4.78, 5) is 10.2. The molecule has 1 aromatic carbocycles. The molecule has 1 N–H and O–H groups in total. The Morgan fingerprint density at radius 3 is 3.07 bits per heavy atom. The third-order valence-corrected chi connectivity index (χ3v) is 3.39. The van der Waals surface area contributed by atoms with Gasteiger partial charge >= 0.3 is 0 Å². The molecule has 0 saturated heterocycles. The van der Waals surface area contributed by atoms with Crippen LogP contribution in [-0.2, 0) is 6.42 Å². The predicted octanol–water partition coefficient (Wildman–Crippen LogP) is 2.72. The first-order valence-corrected chi connectivity index (χ1v) is 5.92. The molecule has 0 fully saturated rings. The molecule has 2 rings (SSSR count). The zero-order valence-electron chi connectivity index (χ0n) is 8.07. The van der Waals surface area contributed by atoms with E-state index in [2.05, 4.69) is 21.2 Å². The van der Waals surface area contributed by atoms with Crippen LogP contribution in [0.25, 0.3) is 0 Å². The molecule has 1 heterocycles. The van der Waals surface area contributed by atoms with Crippen molar-refractivity contribution < 1.29 is 4.92 Å². The Morgan fingerprint density at radius 2 is 2.40 bits per heavy atom. The third-order valence-electron chi connectivity index (χ3n) is 2.61. The minimum absolute atomic E-state index is 0.174. The first-order chi connectivity index (χ1) is 7.20. The number of benzene rings is 1. The molecule has 0 saturated carbocycles. The van der Waals surface area contributed by atoms with Crippen molar-refractivity contribution >= 4 is 27.3 Å². The maximum absolute atomic E-state index is 10.6. The molecule has 1 atom stereocenters. The SMILES string of the molecule is O=[N+]([O-])c1ccc2c(c1)CCC(CBr)N2. The molecule has 0 aliphatic carbocycles. The van der Waals surface area contributed by atoms with Gasteiger partial charge in [0.1, 0.15) is 0 Å². The van der Waals surface area contributed by atoms with Gasteiger partial charge in [0.25, 0.3) is 5.69 Å².